The molecule has 2 aromatic heterocycles. The normalized spacial score (nSPS) is 12.6. The third kappa shape index (κ3) is 3.90. The summed E-state index contributed by atoms with van der Waals surface area (Å²) in [6, 6.07) is 2.26. The fourth-order valence-corrected chi connectivity index (χ4v) is 3.44. The summed E-state index contributed by atoms with van der Waals surface area (Å²) in [6.07, 6.45) is 7.54. The van der Waals surface area contributed by atoms with Crippen molar-refractivity contribution in [2.24, 2.45) is 7.05 Å². The molecule has 0 aromatic carbocycles. The number of aromatic nitrogens is 3. The molecule has 108 valence electrons. The highest BCUT2D eigenvalue weighted by atomic mass is 79.9. The van der Waals surface area contributed by atoms with E-state index in [9.17, 15) is 0 Å². The highest BCUT2D eigenvalue weighted by Crippen LogP contribution is 2.27. The van der Waals surface area contributed by atoms with Gasteiger partial charge < -0.3 is 9.88 Å². The molecule has 2 rings (SSSR count). The minimum atomic E-state index is 0.221. The van der Waals surface area contributed by atoms with E-state index in [0.29, 0.717) is 0 Å². The summed E-state index contributed by atoms with van der Waals surface area (Å²) < 4.78 is 4.07. The van der Waals surface area contributed by atoms with Gasteiger partial charge in [0.25, 0.3) is 0 Å². The molecule has 0 amide bonds. The minimum Gasteiger partial charge on any atom is -0.338 e. The van der Waals surface area contributed by atoms with Gasteiger partial charge in [0.1, 0.15) is 5.82 Å². The van der Waals surface area contributed by atoms with Crippen LogP contribution in [0.2, 0.25) is 0 Å². The Labute approximate surface area is 136 Å². The summed E-state index contributed by atoms with van der Waals surface area (Å²) in [5.74, 6) is 1.10. The van der Waals surface area contributed by atoms with Crippen molar-refractivity contribution in [2.75, 3.05) is 6.54 Å². The van der Waals surface area contributed by atoms with Crippen LogP contribution in [0.5, 0.6) is 0 Å². The van der Waals surface area contributed by atoms with Crippen molar-refractivity contribution < 1.29 is 0 Å². The Hall–Kier alpha value is -0.720. The van der Waals surface area contributed by atoms with Crippen LogP contribution in [-0.2, 0) is 13.5 Å². The van der Waals surface area contributed by atoms with Gasteiger partial charge in [-0.3, -0.25) is 4.98 Å². The molecule has 0 aliphatic carbocycles. The van der Waals surface area contributed by atoms with E-state index in [2.05, 4.69) is 58.6 Å². The molecule has 0 saturated carbocycles. The monoisotopic (exact) mass is 400 g/mol. The first-order chi connectivity index (χ1) is 9.61. The van der Waals surface area contributed by atoms with Gasteiger partial charge in [-0.1, -0.05) is 6.92 Å². The van der Waals surface area contributed by atoms with Crippen LogP contribution < -0.4 is 5.32 Å². The van der Waals surface area contributed by atoms with Crippen LogP contribution in [0.4, 0.5) is 0 Å². The summed E-state index contributed by atoms with van der Waals surface area (Å²) >= 11 is 7.04. The SMILES string of the molecule is CCNC(CCc1nccn1C)c1ncc(Br)cc1Br. The Morgan fingerprint density at radius 3 is 2.75 bits per heavy atom. The summed E-state index contributed by atoms with van der Waals surface area (Å²) in [7, 11) is 2.03. The lowest BCUT2D eigenvalue weighted by molar-refractivity contribution is 0.493. The molecule has 0 saturated heterocycles. The maximum absolute atomic E-state index is 4.54. The molecule has 20 heavy (non-hydrogen) atoms. The number of hydrogen-bond donors (Lipinski definition) is 1. The van der Waals surface area contributed by atoms with Gasteiger partial charge in [-0.05, 0) is 50.9 Å². The number of pyridine rings is 1. The Morgan fingerprint density at radius 1 is 1.35 bits per heavy atom. The van der Waals surface area contributed by atoms with E-state index in [1.54, 1.807) is 0 Å². The molecule has 2 heterocycles. The van der Waals surface area contributed by atoms with E-state index in [-0.39, 0.29) is 6.04 Å². The number of hydrogen-bond acceptors (Lipinski definition) is 3. The molecule has 4 nitrogen and oxygen atoms in total. The zero-order valence-corrected chi connectivity index (χ0v) is 14.8. The summed E-state index contributed by atoms with van der Waals surface area (Å²) in [5, 5.41) is 3.50. The standard InChI is InChI=1S/C14H18Br2N4/c1-3-17-12(4-5-13-18-6-7-20(13)2)14-11(16)8-10(15)9-19-14/h6-9,12,17H,3-5H2,1-2H3. The van der Waals surface area contributed by atoms with Gasteiger partial charge in [0.15, 0.2) is 0 Å². The predicted octanol–water partition coefficient (Wildman–Crippen LogP) is 3.62. The molecule has 1 atom stereocenters. The number of imidazole rings is 1. The third-order valence-corrected chi connectivity index (χ3v) is 4.26. The van der Waals surface area contributed by atoms with Gasteiger partial charge in [0, 0.05) is 41.0 Å². The number of aryl methyl sites for hydroxylation is 2. The van der Waals surface area contributed by atoms with Crippen LogP contribution in [0.3, 0.4) is 0 Å². The first-order valence-corrected chi connectivity index (χ1v) is 8.21. The zero-order valence-electron chi connectivity index (χ0n) is 11.6. The van der Waals surface area contributed by atoms with E-state index in [1.807, 2.05) is 31.7 Å². The lowest BCUT2D eigenvalue weighted by atomic mass is 10.1. The first-order valence-electron chi connectivity index (χ1n) is 6.62. The number of nitrogens with one attached hydrogen (secondary N) is 1. The molecule has 6 heteroatoms. The minimum absolute atomic E-state index is 0.221. The molecule has 1 unspecified atom stereocenters. The fourth-order valence-electron chi connectivity index (χ4n) is 2.17. The first kappa shape index (κ1) is 15.7. The molecule has 0 fully saturated rings. The molecule has 0 spiro atoms. The van der Waals surface area contributed by atoms with Crippen molar-refractivity contribution in [2.45, 2.75) is 25.8 Å². The number of rotatable bonds is 6. The molecular weight excluding hydrogens is 384 g/mol. The summed E-state index contributed by atoms with van der Waals surface area (Å²) in [5.41, 5.74) is 1.05. The van der Waals surface area contributed by atoms with Crippen LogP contribution in [0.15, 0.2) is 33.6 Å². The highest BCUT2D eigenvalue weighted by molar-refractivity contribution is 9.11. The van der Waals surface area contributed by atoms with Gasteiger partial charge in [0.2, 0.25) is 0 Å². The van der Waals surface area contributed by atoms with Crippen LogP contribution >= 0.6 is 31.9 Å². The Balaban J connectivity index is 2.12. The lowest BCUT2D eigenvalue weighted by Crippen LogP contribution is -2.23. The number of halogens is 2. The zero-order chi connectivity index (χ0) is 14.5. The Kier molecular flexibility index (Phi) is 5.74. The second-order valence-electron chi connectivity index (χ2n) is 4.62. The van der Waals surface area contributed by atoms with Crippen molar-refractivity contribution >= 4 is 31.9 Å². The highest BCUT2D eigenvalue weighted by Gasteiger charge is 2.16. The van der Waals surface area contributed by atoms with Crippen LogP contribution in [0.25, 0.3) is 0 Å². The van der Waals surface area contributed by atoms with Crippen LogP contribution in [-0.4, -0.2) is 21.1 Å². The van der Waals surface area contributed by atoms with E-state index < -0.39 is 0 Å². The van der Waals surface area contributed by atoms with Crippen LogP contribution in [0.1, 0.15) is 30.9 Å². The quantitative estimate of drug-likeness (QED) is 0.803. The predicted molar refractivity (Wildman–Crippen MR) is 87.6 cm³/mol. The van der Waals surface area contributed by atoms with E-state index in [1.165, 1.54) is 0 Å². The molecule has 0 radical (unpaired) electrons. The average Bonchev–Trinajstić information content (AvgIpc) is 2.81. The molecule has 0 aliphatic heterocycles. The van der Waals surface area contributed by atoms with Gasteiger partial charge in [0.05, 0.1) is 11.7 Å². The molecule has 2 aromatic rings. The molecule has 0 aliphatic rings. The van der Waals surface area contributed by atoms with Gasteiger partial charge in [-0.15, -0.1) is 0 Å². The topological polar surface area (TPSA) is 42.7 Å². The van der Waals surface area contributed by atoms with Gasteiger partial charge in [-0.25, -0.2) is 4.98 Å². The van der Waals surface area contributed by atoms with Crippen molar-refractivity contribution in [3.63, 3.8) is 0 Å². The van der Waals surface area contributed by atoms with Crippen LogP contribution in [0, 0.1) is 0 Å². The Bertz CT molecular complexity index is 568. The van der Waals surface area contributed by atoms with Crippen molar-refractivity contribution in [1.82, 2.24) is 19.9 Å². The summed E-state index contributed by atoms with van der Waals surface area (Å²) in [6.45, 7) is 3.02. The van der Waals surface area contributed by atoms with Gasteiger partial charge in [-0.2, -0.15) is 0 Å². The van der Waals surface area contributed by atoms with E-state index >= 15 is 0 Å². The van der Waals surface area contributed by atoms with Gasteiger partial charge >= 0.3 is 0 Å². The van der Waals surface area contributed by atoms with Crippen molar-refractivity contribution in [3.05, 3.63) is 45.1 Å². The second-order valence-corrected chi connectivity index (χ2v) is 6.39. The lowest BCUT2D eigenvalue weighted by Gasteiger charge is -2.18. The number of nitrogens with zero attached hydrogens (tertiary/aromatic N) is 3. The molecule has 1 N–H and O–H groups in total. The maximum Gasteiger partial charge on any atom is 0.108 e. The van der Waals surface area contributed by atoms with Crippen molar-refractivity contribution in [3.8, 4) is 0 Å². The van der Waals surface area contributed by atoms with Crippen molar-refractivity contribution in [1.29, 1.82) is 0 Å². The third-order valence-electron chi connectivity index (χ3n) is 3.19. The Morgan fingerprint density at radius 2 is 2.15 bits per heavy atom. The van der Waals surface area contributed by atoms with E-state index in [4.69, 9.17) is 0 Å². The molecular formula is C14H18Br2N4. The molecule has 0 bridgehead atoms. The fraction of sp³-hybridized carbons (Fsp3) is 0.429. The second kappa shape index (κ2) is 7.33. The smallest absolute Gasteiger partial charge is 0.108 e. The summed E-state index contributed by atoms with van der Waals surface area (Å²) in [4.78, 5) is 8.91. The van der Waals surface area contributed by atoms with E-state index in [0.717, 1.165) is 39.9 Å². The largest absolute Gasteiger partial charge is 0.338 e. The maximum atomic E-state index is 4.54. The average molecular weight is 402 g/mol.